The van der Waals surface area contributed by atoms with Crippen molar-refractivity contribution < 1.29 is 17.1 Å². The number of aromatic nitrogens is 4. The molecule has 277 valence electrons. The van der Waals surface area contributed by atoms with E-state index in [9.17, 15) is 0 Å². The first-order chi connectivity index (χ1) is 28.3. The van der Waals surface area contributed by atoms with Crippen molar-refractivity contribution in [3.05, 3.63) is 188 Å². The fourth-order valence-electron chi connectivity index (χ4n) is 8.99. The molecular weight excluding hydrogens is 756 g/mol. The van der Waals surface area contributed by atoms with Crippen molar-refractivity contribution in [3.63, 3.8) is 0 Å². The minimum atomic E-state index is 0. The van der Waals surface area contributed by atoms with E-state index in [1.807, 2.05) is 0 Å². The molecule has 5 heteroatoms. The van der Waals surface area contributed by atoms with Gasteiger partial charge >= 0.3 is 0 Å². The summed E-state index contributed by atoms with van der Waals surface area (Å²) < 4.78 is 0. The van der Waals surface area contributed by atoms with Crippen molar-refractivity contribution in [2.45, 2.75) is 0 Å². The molecule has 7 aromatic carbocycles. The summed E-state index contributed by atoms with van der Waals surface area (Å²) in [5.74, 6) is 0. The smallest absolute Gasteiger partial charge is 0.0782 e. The SMILES string of the molecule is [Cu].c1ccc(-c2c3nc(c4[n-]c(c(-c5ccccc5)c5[n-]c(c(-c6ccccc6)c6[n-]c2c2ccccc62)c2ccccc52)c2ccccc42)-c2ccccc2-3)cc1. The van der Waals surface area contributed by atoms with E-state index in [1.54, 1.807) is 0 Å². The zero-order valence-corrected chi connectivity index (χ0v) is 31.9. The second kappa shape index (κ2) is 13.5. The third-order valence-corrected chi connectivity index (χ3v) is 11.5. The summed E-state index contributed by atoms with van der Waals surface area (Å²) in [5.41, 5.74) is 15.2. The maximum atomic E-state index is 5.76. The molecule has 0 spiro atoms. The van der Waals surface area contributed by atoms with Gasteiger partial charge in [0.15, 0.2) is 0 Å². The van der Waals surface area contributed by atoms with Crippen LogP contribution in [-0.2, 0) is 17.1 Å². The van der Waals surface area contributed by atoms with E-state index in [0.717, 1.165) is 121 Å². The van der Waals surface area contributed by atoms with Crippen LogP contribution in [0, 0.1) is 0 Å². The minimum Gasteiger partial charge on any atom is -0.656 e. The Kier molecular flexibility index (Phi) is 7.94. The Hall–Kier alpha value is -7.17. The average molecular weight is 787 g/mol. The van der Waals surface area contributed by atoms with Crippen molar-refractivity contribution >= 4 is 65.4 Å². The molecule has 10 aromatic rings. The Morgan fingerprint density at radius 3 is 0.931 bits per heavy atom. The largest absolute Gasteiger partial charge is 0.656 e. The van der Waals surface area contributed by atoms with Crippen LogP contribution in [0.1, 0.15) is 0 Å². The van der Waals surface area contributed by atoms with Gasteiger partial charge in [0, 0.05) is 28.2 Å². The Bertz CT molecular complexity index is 3510. The molecule has 0 N–H and O–H groups in total. The molecule has 1 aliphatic heterocycles. The minimum absolute atomic E-state index is 0. The zero-order chi connectivity index (χ0) is 37.5. The topological polar surface area (TPSA) is 55.2 Å². The van der Waals surface area contributed by atoms with E-state index in [4.69, 9.17) is 19.9 Å². The van der Waals surface area contributed by atoms with Gasteiger partial charge in [0.25, 0.3) is 0 Å². The zero-order valence-electron chi connectivity index (χ0n) is 31.0. The van der Waals surface area contributed by atoms with Gasteiger partial charge in [-0.2, -0.15) is 0 Å². The van der Waals surface area contributed by atoms with Crippen LogP contribution in [-0.4, -0.2) is 4.98 Å². The predicted octanol–water partition coefficient (Wildman–Crippen LogP) is 13.2. The third-order valence-electron chi connectivity index (χ3n) is 11.5. The van der Waals surface area contributed by atoms with Gasteiger partial charge in [0.2, 0.25) is 0 Å². The van der Waals surface area contributed by atoms with Crippen LogP contribution in [0.3, 0.4) is 0 Å². The van der Waals surface area contributed by atoms with Gasteiger partial charge in [-0.05, 0) is 65.7 Å². The molecule has 12 rings (SSSR count). The van der Waals surface area contributed by atoms with Gasteiger partial charge in [-0.25, -0.2) is 4.98 Å². The quantitative estimate of drug-likeness (QED) is 0.167. The second-order valence-electron chi connectivity index (χ2n) is 14.6. The maximum absolute atomic E-state index is 5.76. The summed E-state index contributed by atoms with van der Waals surface area (Å²) in [5, 5.41) is 6.37. The number of fused-ring (bicyclic) bond motifs is 1. The second-order valence-corrected chi connectivity index (χ2v) is 14.6. The number of rotatable bonds is 3. The Morgan fingerprint density at radius 2 is 0.534 bits per heavy atom. The molecule has 3 aromatic heterocycles. The molecular formula is C53H31CuN4-3. The van der Waals surface area contributed by atoms with Gasteiger partial charge in [-0.3, -0.25) is 0 Å². The summed E-state index contributed by atoms with van der Waals surface area (Å²) in [7, 11) is 0. The van der Waals surface area contributed by atoms with Crippen molar-refractivity contribution in [1.82, 2.24) is 19.9 Å². The van der Waals surface area contributed by atoms with Crippen molar-refractivity contribution in [2.75, 3.05) is 0 Å². The third kappa shape index (κ3) is 5.04. The number of hydrogen-bond acceptors (Lipinski definition) is 1. The molecule has 4 nitrogen and oxygen atoms in total. The molecule has 0 saturated carbocycles. The van der Waals surface area contributed by atoms with Gasteiger partial charge in [0.1, 0.15) is 0 Å². The van der Waals surface area contributed by atoms with E-state index in [-0.39, 0.29) is 17.1 Å². The predicted molar refractivity (Wildman–Crippen MR) is 236 cm³/mol. The fourth-order valence-corrected chi connectivity index (χ4v) is 8.99. The molecule has 0 unspecified atom stereocenters. The summed E-state index contributed by atoms with van der Waals surface area (Å²) in [6, 6.07) is 66.2. The molecule has 0 saturated heterocycles. The van der Waals surface area contributed by atoms with Crippen LogP contribution in [0.15, 0.2) is 188 Å². The molecule has 0 fully saturated rings. The Labute approximate surface area is 344 Å². The van der Waals surface area contributed by atoms with E-state index < -0.39 is 0 Å². The molecule has 1 aliphatic carbocycles. The van der Waals surface area contributed by atoms with Gasteiger partial charge < -0.3 is 15.0 Å². The van der Waals surface area contributed by atoms with Crippen molar-refractivity contribution in [3.8, 4) is 55.9 Å². The molecule has 2 aliphatic rings. The molecule has 0 amide bonds. The van der Waals surface area contributed by atoms with Crippen LogP contribution < -0.4 is 15.0 Å². The van der Waals surface area contributed by atoms with Crippen LogP contribution in [0.25, 0.3) is 121 Å². The van der Waals surface area contributed by atoms with E-state index in [0.29, 0.717) is 0 Å². The van der Waals surface area contributed by atoms with Crippen LogP contribution >= 0.6 is 0 Å². The number of nitrogens with zero attached hydrogens (tertiary/aromatic N) is 4. The number of hydrogen-bond donors (Lipinski definition) is 0. The molecule has 1 radical (unpaired) electrons. The Morgan fingerprint density at radius 1 is 0.259 bits per heavy atom. The first-order valence-electron chi connectivity index (χ1n) is 19.3. The summed E-state index contributed by atoms with van der Waals surface area (Å²) in [4.78, 5) is 22.8. The molecule has 58 heavy (non-hydrogen) atoms. The first kappa shape index (κ1) is 34.1. The number of benzene rings is 7. The van der Waals surface area contributed by atoms with Crippen LogP contribution in [0.4, 0.5) is 0 Å². The van der Waals surface area contributed by atoms with E-state index >= 15 is 0 Å². The molecule has 8 bridgehead atoms. The Balaban J connectivity index is 0.00000385. The van der Waals surface area contributed by atoms with E-state index in [1.165, 1.54) is 0 Å². The monoisotopic (exact) mass is 786 g/mol. The van der Waals surface area contributed by atoms with Crippen LogP contribution in [0.5, 0.6) is 0 Å². The van der Waals surface area contributed by atoms with Crippen LogP contribution in [0.2, 0.25) is 0 Å². The van der Waals surface area contributed by atoms with Crippen molar-refractivity contribution in [2.24, 2.45) is 0 Å². The van der Waals surface area contributed by atoms with Crippen molar-refractivity contribution in [1.29, 1.82) is 0 Å². The molecule has 0 atom stereocenters. The maximum Gasteiger partial charge on any atom is 0.0782 e. The normalized spacial score (nSPS) is 11.7. The van der Waals surface area contributed by atoms with Gasteiger partial charge in [0.05, 0.1) is 11.4 Å². The summed E-state index contributed by atoms with van der Waals surface area (Å²) in [6.45, 7) is 0. The molecule has 4 heterocycles. The summed E-state index contributed by atoms with van der Waals surface area (Å²) >= 11 is 0. The van der Waals surface area contributed by atoms with Gasteiger partial charge in [-0.15, -0.1) is 33.1 Å². The first-order valence-corrected chi connectivity index (χ1v) is 19.3. The fraction of sp³-hybridized carbons (Fsp3) is 0. The standard InChI is InChI=1S/C53H31N4.Cu/c1-4-18-32(19-5-1)43-46-35-24-10-12-26-37(35)48(54-46)44(33-20-6-2-7-21-33)50-39-28-14-16-30-41(39)52(56-50)53-42-31-17-15-29-40(42)51(57-53)45(34-22-8-3-9-23-34)49-38-27-13-11-25-36(38)47(43)55-49;/h1-31H;/q-3;. The van der Waals surface area contributed by atoms with Gasteiger partial charge in [-0.1, -0.05) is 188 Å². The average Bonchev–Trinajstić information content (AvgIpc) is 4.05. The summed E-state index contributed by atoms with van der Waals surface area (Å²) in [6.07, 6.45) is 0. The van der Waals surface area contributed by atoms with E-state index in [2.05, 4.69) is 188 Å².